The molecule has 5 heteroatoms. The van der Waals surface area contributed by atoms with Crippen LogP contribution in [-0.2, 0) is 16.0 Å². The maximum atomic E-state index is 10.9. The van der Waals surface area contributed by atoms with Crippen LogP contribution in [0.3, 0.4) is 0 Å². The number of nitrogens with one attached hydrogen (secondary N) is 1. The standard InChI is InChI=1S/C14H22N2O3/c1-3-18-13(19-4-2)10-16-9-11-5-7-12(8-6-11)14(15)17/h5-8,13,16H,3-4,9-10H2,1-2H3,(H2,15,17). The van der Waals surface area contributed by atoms with Crippen molar-refractivity contribution < 1.29 is 14.3 Å². The molecule has 0 atom stereocenters. The number of ether oxygens (including phenoxy) is 2. The van der Waals surface area contributed by atoms with Crippen LogP contribution in [0.25, 0.3) is 0 Å². The van der Waals surface area contributed by atoms with E-state index >= 15 is 0 Å². The van der Waals surface area contributed by atoms with E-state index < -0.39 is 5.91 Å². The molecule has 19 heavy (non-hydrogen) atoms. The fourth-order valence-corrected chi connectivity index (χ4v) is 1.66. The van der Waals surface area contributed by atoms with Crippen molar-refractivity contribution in [2.75, 3.05) is 19.8 Å². The molecular weight excluding hydrogens is 244 g/mol. The molecule has 0 saturated heterocycles. The highest BCUT2D eigenvalue weighted by molar-refractivity contribution is 5.92. The zero-order valence-electron chi connectivity index (χ0n) is 11.5. The lowest BCUT2D eigenvalue weighted by molar-refractivity contribution is -0.133. The van der Waals surface area contributed by atoms with Crippen LogP contribution in [0.15, 0.2) is 24.3 Å². The van der Waals surface area contributed by atoms with Gasteiger partial charge in [0.15, 0.2) is 6.29 Å². The second-order valence-electron chi connectivity index (χ2n) is 4.03. The zero-order chi connectivity index (χ0) is 14.1. The first kappa shape index (κ1) is 15.6. The van der Waals surface area contributed by atoms with Gasteiger partial charge >= 0.3 is 0 Å². The van der Waals surface area contributed by atoms with E-state index in [0.717, 1.165) is 5.56 Å². The van der Waals surface area contributed by atoms with Crippen molar-refractivity contribution in [2.45, 2.75) is 26.7 Å². The topological polar surface area (TPSA) is 73.6 Å². The summed E-state index contributed by atoms with van der Waals surface area (Å²) < 4.78 is 10.8. The fraction of sp³-hybridized carbons (Fsp3) is 0.500. The van der Waals surface area contributed by atoms with Crippen molar-refractivity contribution in [1.29, 1.82) is 0 Å². The van der Waals surface area contributed by atoms with Crippen LogP contribution in [0.1, 0.15) is 29.8 Å². The smallest absolute Gasteiger partial charge is 0.248 e. The molecule has 5 nitrogen and oxygen atoms in total. The average molecular weight is 266 g/mol. The highest BCUT2D eigenvalue weighted by Gasteiger charge is 2.07. The van der Waals surface area contributed by atoms with Crippen molar-refractivity contribution in [1.82, 2.24) is 5.32 Å². The molecule has 0 aromatic heterocycles. The van der Waals surface area contributed by atoms with Gasteiger partial charge in [0.2, 0.25) is 5.91 Å². The first-order valence-corrected chi connectivity index (χ1v) is 6.50. The predicted molar refractivity (Wildman–Crippen MR) is 73.7 cm³/mol. The van der Waals surface area contributed by atoms with Crippen LogP contribution in [0.2, 0.25) is 0 Å². The van der Waals surface area contributed by atoms with E-state index in [0.29, 0.717) is 31.9 Å². The minimum Gasteiger partial charge on any atom is -0.366 e. The molecule has 0 spiro atoms. The molecule has 106 valence electrons. The summed E-state index contributed by atoms with van der Waals surface area (Å²) in [4.78, 5) is 10.9. The molecule has 1 aromatic carbocycles. The van der Waals surface area contributed by atoms with Gasteiger partial charge in [-0.2, -0.15) is 0 Å². The Kier molecular flexibility index (Phi) is 7.10. The molecule has 1 aromatic rings. The van der Waals surface area contributed by atoms with Crippen LogP contribution >= 0.6 is 0 Å². The van der Waals surface area contributed by atoms with Crippen molar-refractivity contribution in [2.24, 2.45) is 5.73 Å². The Hall–Kier alpha value is -1.43. The van der Waals surface area contributed by atoms with Gasteiger partial charge in [-0.1, -0.05) is 12.1 Å². The van der Waals surface area contributed by atoms with E-state index in [9.17, 15) is 4.79 Å². The summed E-state index contributed by atoms with van der Waals surface area (Å²) in [6, 6.07) is 7.21. The minimum absolute atomic E-state index is 0.222. The van der Waals surface area contributed by atoms with Gasteiger partial charge < -0.3 is 20.5 Å². The third-order valence-electron chi connectivity index (χ3n) is 2.58. The Balaban J connectivity index is 2.37. The summed E-state index contributed by atoms with van der Waals surface area (Å²) >= 11 is 0. The second kappa shape index (κ2) is 8.63. The normalized spacial score (nSPS) is 10.9. The monoisotopic (exact) mass is 266 g/mol. The largest absolute Gasteiger partial charge is 0.366 e. The SMILES string of the molecule is CCOC(CNCc1ccc(C(N)=O)cc1)OCC. The number of benzene rings is 1. The first-order chi connectivity index (χ1) is 9.17. The maximum absolute atomic E-state index is 10.9. The molecule has 0 aliphatic carbocycles. The predicted octanol–water partition coefficient (Wildman–Crippen LogP) is 1.27. The van der Waals surface area contributed by atoms with E-state index in [1.165, 1.54) is 0 Å². The molecule has 0 aliphatic rings. The van der Waals surface area contributed by atoms with E-state index in [4.69, 9.17) is 15.2 Å². The molecule has 0 aliphatic heterocycles. The van der Waals surface area contributed by atoms with Crippen LogP contribution < -0.4 is 11.1 Å². The number of hydrogen-bond donors (Lipinski definition) is 2. The van der Waals surface area contributed by atoms with Crippen LogP contribution in [0.4, 0.5) is 0 Å². The molecule has 3 N–H and O–H groups in total. The zero-order valence-corrected chi connectivity index (χ0v) is 11.5. The average Bonchev–Trinajstić information content (AvgIpc) is 2.40. The van der Waals surface area contributed by atoms with E-state index in [1.807, 2.05) is 26.0 Å². The minimum atomic E-state index is -0.410. The molecule has 1 amide bonds. The van der Waals surface area contributed by atoms with Crippen molar-refractivity contribution in [3.63, 3.8) is 0 Å². The van der Waals surface area contributed by atoms with Gasteiger partial charge in [0.1, 0.15) is 0 Å². The summed E-state index contributed by atoms with van der Waals surface area (Å²) in [5.41, 5.74) is 6.78. The van der Waals surface area contributed by atoms with E-state index in [1.54, 1.807) is 12.1 Å². The van der Waals surface area contributed by atoms with E-state index in [2.05, 4.69) is 5.32 Å². The number of carbonyl (C=O) groups is 1. The van der Waals surface area contributed by atoms with Gasteiger partial charge in [0, 0.05) is 31.9 Å². The Bertz CT molecular complexity index is 373. The number of nitrogens with two attached hydrogens (primary N) is 1. The van der Waals surface area contributed by atoms with Gasteiger partial charge in [0.25, 0.3) is 0 Å². The van der Waals surface area contributed by atoms with Crippen LogP contribution in [0, 0.1) is 0 Å². The Morgan fingerprint density at radius 2 is 1.79 bits per heavy atom. The van der Waals surface area contributed by atoms with Crippen molar-refractivity contribution in [3.8, 4) is 0 Å². The third kappa shape index (κ3) is 5.83. The highest BCUT2D eigenvalue weighted by atomic mass is 16.7. The lowest BCUT2D eigenvalue weighted by Gasteiger charge is -2.17. The molecule has 0 unspecified atom stereocenters. The number of hydrogen-bond acceptors (Lipinski definition) is 4. The van der Waals surface area contributed by atoms with Crippen molar-refractivity contribution in [3.05, 3.63) is 35.4 Å². The Morgan fingerprint density at radius 3 is 2.26 bits per heavy atom. The van der Waals surface area contributed by atoms with Gasteiger partial charge in [0.05, 0.1) is 0 Å². The maximum Gasteiger partial charge on any atom is 0.248 e. The van der Waals surface area contributed by atoms with Crippen LogP contribution in [0.5, 0.6) is 0 Å². The summed E-state index contributed by atoms with van der Waals surface area (Å²) in [5, 5.41) is 3.25. The molecule has 0 fully saturated rings. The van der Waals surface area contributed by atoms with Gasteiger partial charge in [-0.05, 0) is 31.5 Å². The Morgan fingerprint density at radius 1 is 1.21 bits per heavy atom. The molecular formula is C14H22N2O3. The first-order valence-electron chi connectivity index (χ1n) is 6.50. The lowest BCUT2D eigenvalue weighted by atomic mass is 10.1. The third-order valence-corrected chi connectivity index (χ3v) is 2.58. The quantitative estimate of drug-likeness (QED) is 0.660. The van der Waals surface area contributed by atoms with Gasteiger partial charge in [-0.25, -0.2) is 0 Å². The number of primary amides is 1. The summed E-state index contributed by atoms with van der Waals surface area (Å²) in [6.07, 6.45) is -0.222. The van der Waals surface area contributed by atoms with Crippen LogP contribution in [-0.4, -0.2) is 32.0 Å². The molecule has 0 saturated carbocycles. The Labute approximate surface area is 114 Å². The summed E-state index contributed by atoms with van der Waals surface area (Å²) in [7, 11) is 0. The number of carbonyl (C=O) groups excluding carboxylic acids is 1. The number of rotatable bonds is 9. The number of amides is 1. The lowest BCUT2D eigenvalue weighted by Crippen LogP contribution is -2.31. The van der Waals surface area contributed by atoms with Crippen molar-refractivity contribution >= 4 is 5.91 Å². The molecule has 0 radical (unpaired) electrons. The fourth-order valence-electron chi connectivity index (χ4n) is 1.66. The van der Waals surface area contributed by atoms with Gasteiger partial charge in [-0.3, -0.25) is 4.79 Å². The molecule has 0 bridgehead atoms. The molecule has 0 heterocycles. The van der Waals surface area contributed by atoms with Gasteiger partial charge in [-0.15, -0.1) is 0 Å². The van der Waals surface area contributed by atoms with E-state index in [-0.39, 0.29) is 6.29 Å². The summed E-state index contributed by atoms with van der Waals surface area (Å²) in [6.45, 7) is 6.44. The summed E-state index contributed by atoms with van der Waals surface area (Å²) in [5.74, 6) is -0.410. The second-order valence-corrected chi connectivity index (χ2v) is 4.03. The highest BCUT2D eigenvalue weighted by Crippen LogP contribution is 2.04. The molecule has 1 rings (SSSR count).